The van der Waals surface area contributed by atoms with Crippen molar-refractivity contribution in [3.8, 4) is 17.4 Å². The first kappa shape index (κ1) is 31.1. The predicted molar refractivity (Wildman–Crippen MR) is 163 cm³/mol. The summed E-state index contributed by atoms with van der Waals surface area (Å²) in [7, 11) is 0.0851. The molecule has 3 aromatic heterocycles. The third-order valence-electron chi connectivity index (χ3n) is 6.81. The van der Waals surface area contributed by atoms with E-state index in [1.807, 2.05) is 13.0 Å². The van der Waals surface area contributed by atoms with Gasteiger partial charge in [-0.15, -0.1) is 0 Å². The van der Waals surface area contributed by atoms with Crippen LogP contribution in [0, 0.1) is 0 Å². The van der Waals surface area contributed by atoms with Crippen LogP contribution in [0.4, 0.5) is 10.6 Å². The van der Waals surface area contributed by atoms with E-state index in [4.69, 9.17) is 18.7 Å². The van der Waals surface area contributed by atoms with Crippen LogP contribution >= 0.6 is 0 Å². The number of methoxy groups -OCH3 is 3. The minimum Gasteiger partial charge on any atom is -0.496 e. The van der Waals surface area contributed by atoms with Gasteiger partial charge in [-0.05, 0) is 53.4 Å². The van der Waals surface area contributed by atoms with Crippen LogP contribution in [0.15, 0.2) is 70.5 Å². The number of amides is 1. The first-order chi connectivity index (χ1) is 21.7. The van der Waals surface area contributed by atoms with Gasteiger partial charge in [0.1, 0.15) is 28.4 Å². The van der Waals surface area contributed by atoms with Crippen LogP contribution in [0.3, 0.4) is 0 Å². The van der Waals surface area contributed by atoms with Crippen molar-refractivity contribution < 1.29 is 36.7 Å². The van der Waals surface area contributed by atoms with E-state index in [2.05, 4.69) is 30.0 Å². The van der Waals surface area contributed by atoms with Crippen molar-refractivity contribution in [3.05, 3.63) is 83.3 Å². The van der Waals surface area contributed by atoms with Gasteiger partial charge in [-0.1, -0.05) is 18.1 Å². The zero-order valence-corrected chi connectivity index (χ0v) is 25.9. The molecule has 2 N–H and O–H groups in total. The second kappa shape index (κ2) is 13.5. The number of hydrogen-bond acceptors (Lipinski definition) is 11. The molecule has 15 heteroatoms. The lowest BCUT2D eigenvalue weighted by atomic mass is 10.1. The fourth-order valence-electron chi connectivity index (χ4n) is 4.53. The maximum atomic E-state index is 13.8. The number of nitrogens with one attached hydrogen (secondary N) is 2. The van der Waals surface area contributed by atoms with Crippen molar-refractivity contribution in [2.75, 3.05) is 26.1 Å². The van der Waals surface area contributed by atoms with Crippen molar-refractivity contribution in [1.29, 1.82) is 0 Å². The molecular formula is C30H32N6O8S. The number of aryl methyl sites for hydroxylation is 1. The van der Waals surface area contributed by atoms with Crippen molar-refractivity contribution in [1.82, 2.24) is 25.2 Å². The Morgan fingerprint density at radius 3 is 2.58 bits per heavy atom. The molecule has 0 unspecified atom stereocenters. The molecule has 3 heterocycles. The topological polar surface area (TPSA) is 169 Å². The molecule has 0 fully saturated rings. The molecule has 0 spiro atoms. The summed E-state index contributed by atoms with van der Waals surface area (Å²) in [5.41, 5.74) is 3.42. The van der Waals surface area contributed by atoms with Gasteiger partial charge in [-0.25, -0.2) is 18.2 Å². The number of hydrogen-bond donors (Lipinski definition) is 2. The second-order valence-electron chi connectivity index (χ2n) is 9.83. The Bertz CT molecular complexity index is 1920. The number of benzene rings is 2. The zero-order valence-electron chi connectivity index (χ0n) is 25.1. The molecule has 14 nitrogen and oxygen atoms in total. The second-order valence-corrected chi connectivity index (χ2v) is 11.5. The zero-order chi connectivity index (χ0) is 32.0. The number of carbonyl (C=O) groups excluding carboxylic acids is 1. The van der Waals surface area contributed by atoms with Gasteiger partial charge in [0.05, 0.1) is 34.1 Å². The third kappa shape index (κ3) is 7.26. The summed E-state index contributed by atoms with van der Waals surface area (Å²) in [6, 6.07) is 12.0. The van der Waals surface area contributed by atoms with E-state index in [1.165, 1.54) is 21.3 Å². The number of pyridine rings is 1. The number of anilines is 1. The summed E-state index contributed by atoms with van der Waals surface area (Å²) < 4.78 is 58.7. The number of alkyl carbamates (subject to hydrolysis) is 1. The highest BCUT2D eigenvalue weighted by atomic mass is 32.2. The number of ether oxygens (including phenoxy) is 4. The first-order valence-electron chi connectivity index (χ1n) is 13.8. The van der Waals surface area contributed by atoms with Crippen molar-refractivity contribution in [2.45, 2.75) is 37.9 Å². The molecule has 0 aliphatic heterocycles. The molecule has 0 radical (unpaired) electrons. The summed E-state index contributed by atoms with van der Waals surface area (Å²) in [5.74, 6) is 0.907. The average molecular weight is 637 g/mol. The molecule has 0 aliphatic rings. The van der Waals surface area contributed by atoms with Crippen LogP contribution in [0.5, 0.6) is 17.4 Å². The normalized spacial score (nSPS) is 11.3. The van der Waals surface area contributed by atoms with Crippen LogP contribution in [0.2, 0.25) is 0 Å². The monoisotopic (exact) mass is 636 g/mol. The lowest BCUT2D eigenvalue weighted by molar-refractivity contribution is 0.170. The predicted octanol–water partition coefficient (Wildman–Crippen LogP) is 4.28. The number of rotatable bonds is 13. The molecule has 0 bridgehead atoms. The highest BCUT2D eigenvalue weighted by molar-refractivity contribution is 7.92. The molecule has 5 aromatic rings. The molecule has 5 rings (SSSR count). The van der Waals surface area contributed by atoms with Crippen LogP contribution < -0.4 is 24.2 Å². The quantitative estimate of drug-likeness (QED) is 0.189. The summed E-state index contributed by atoms with van der Waals surface area (Å²) in [5, 5.41) is 11.3. The minimum absolute atomic E-state index is 0.0321. The Morgan fingerprint density at radius 1 is 0.978 bits per heavy atom. The summed E-state index contributed by atoms with van der Waals surface area (Å²) in [6.45, 7) is 2.63. The van der Waals surface area contributed by atoms with Gasteiger partial charge in [-0.2, -0.15) is 5.10 Å². The Kier molecular flexibility index (Phi) is 9.37. The molecule has 2 aromatic carbocycles. The van der Waals surface area contributed by atoms with Crippen molar-refractivity contribution in [3.63, 3.8) is 0 Å². The summed E-state index contributed by atoms with van der Waals surface area (Å²) in [4.78, 5) is 15.4. The van der Waals surface area contributed by atoms with Gasteiger partial charge >= 0.3 is 6.09 Å². The van der Waals surface area contributed by atoms with Crippen LogP contribution in [-0.4, -0.2) is 55.8 Å². The van der Waals surface area contributed by atoms with Gasteiger partial charge < -0.3 is 28.8 Å². The number of nitrogens with zero attached hydrogens (tertiary/aromatic N) is 4. The maximum Gasteiger partial charge on any atom is 0.407 e. The molecular weight excluding hydrogens is 604 g/mol. The largest absolute Gasteiger partial charge is 0.496 e. The molecule has 0 aliphatic carbocycles. The number of sulfonamides is 1. The Hall–Kier alpha value is -5.31. The van der Waals surface area contributed by atoms with Crippen LogP contribution in [0.25, 0.3) is 11.0 Å². The van der Waals surface area contributed by atoms with E-state index in [9.17, 15) is 13.2 Å². The van der Waals surface area contributed by atoms with Gasteiger partial charge in [0.2, 0.25) is 5.88 Å². The first-order valence-corrected chi connectivity index (χ1v) is 15.3. The Labute approximate surface area is 259 Å². The van der Waals surface area contributed by atoms with Crippen LogP contribution in [0.1, 0.15) is 29.2 Å². The average Bonchev–Trinajstić information content (AvgIpc) is 3.68. The fraction of sp³-hybridized carbons (Fsp3) is 0.267. The van der Waals surface area contributed by atoms with E-state index in [0.29, 0.717) is 35.6 Å². The summed E-state index contributed by atoms with van der Waals surface area (Å²) >= 11 is 0. The van der Waals surface area contributed by atoms with E-state index < -0.39 is 16.1 Å². The highest BCUT2D eigenvalue weighted by Gasteiger charge is 2.25. The van der Waals surface area contributed by atoms with Crippen LogP contribution in [-0.2, 0) is 40.9 Å². The van der Waals surface area contributed by atoms with Crippen molar-refractivity contribution in [2.24, 2.45) is 0 Å². The Balaban J connectivity index is 1.39. The Morgan fingerprint density at radius 2 is 1.82 bits per heavy atom. The van der Waals surface area contributed by atoms with Gasteiger partial charge in [0.15, 0.2) is 11.4 Å². The fourth-order valence-corrected chi connectivity index (χ4v) is 5.73. The molecule has 1 amide bonds. The highest BCUT2D eigenvalue weighted by Crippen LogP contribution is 2.36. The molecule has 0 saturated carbocycles. The number of aromatic nitrogens is 4. The van der Waals surface area contributed by atoms with E-state index in [0.717, 1.165) is 22.3 Å². The van der Waals surface area contributed by atoms with E-state index in [-0.39, 0.29) is 29.6 Å². The van der Waals surface area contributed by atoms with E-state index in [1.54, 1.807) is 59.7 Å². The standard InChI is InChI=1S/C30H32N6O8S/c1-5-19-6-7-23(43-18-20-8-9-31-27(13-20)41-3)26(12-19)45(38,39)35-29-28-24(40-2)10-21(11-25(28)44-34-29)16-36-17-22(15-33-36)14-32-30(37)42-4/h6-13,15,17H,5,14,16,18H2,1-4H3,(H,32,37)(H,34,35). The van der Waals surface area contributed by atoms with Crippen molar-refractivity contribution >= 4 is 32.9 Å². The molecule has 236 valence electrons. The molecule has 0 saturated heterocycles. The lowest BCUT2D eigenvalue weighted by Gasteiger charge is -2.14. The van der Waals surface area contributed by atoms with Gasteiger partial charge in [0.25, 0.3) is 10.0 Å². The molecule has 0 atom stereocenters. The lowest BCUT2D eigenvalue weighted by Crippen LogP contribution is -2.21. The van der Waals surface area contributed by atoms with E-state index >= 15 is 0 Å². The smallest absolute Gasteiger partial charge is 0.407 e. The maximum absolute atomic E-state index is 13.8. The number of carbonyl (C=O) groups is 1. The van der Waals surface area contributed by atoms with Gasteiger partial charge in [0, 0.05) is 30.6 Å². The minimum atomic E-state index is -4.19. The number of fused-ring (bicyclic) bond motifs is 1. The molecule has 45 heavy (non-hydrogen) atoms. The SMILES string of the molecule is CCc1ccc(OCc2ccnc(OC)c2)c(S(=O)(=O)Nc2noc3cc(Cn4cc(CNC(=O)OC)cn4)cc(OC)c23)c1. The third-order valence-corrected chi connectivity index (χ3v) is 8.17. The van der Waals surface area contributed by atoms with Gasteiger partial charge in [-0.3, -0.25) is 9.40 Å². The summed E-state index contributed by atoms with van der Waals surface area (Å²) in [6.07, 6.45) is 5.08.